The van der Waals surface area contributed by atoms with E-state index in [1.54, 1.807) is 29.7 Å². The van der Waals surface area contributed by atoms with Gasteiger partial charge in [-0.1, -0.05) is 6.92 Å². The Balaban J connectivity index is 1.43. The van der Waals surface area contributed by atoms with Crippen LogP contribution in [0.1, 0.15) is 48.4 Å². The van der Waals surface area contributed by atoms with E-state index in [-0.39, 0.29) is 24.3 Å². The molecule has 1 saturated heterocycles. The molecule has 0 amide bonds. The monoisotopic (exact) mass is 491 g/mol. The van der Waals surface area contributed by atoms with Gasteiger partial charge in [0.25, 0.3) is 5.56 Å². The highest BCUT2D eigenvalue weighted by atomic mass is 16.6. The molecule has 1 atom stereocenters. The summed E-state index contributed by atoms with van der Waals surface area (Å²) in [6.07, 6.45) is 1.98. The van der Waals surface area contributed by atoms with E-state index in [9.17, 15) is 19.8 Å². The summed E-state index contributed by atoms with van der Waals surface area (Å²) in [5.41, 5.74) is 4.90. The molecule has 0 spiro atoms. The molecule has 0 bridgehead atoms. The van der Waals surface area contributed by atoms with Gasteiger partial charge in [-0.05, 0) is 43.5 Å². The third-order valence-corrected chi connectivity index (χ3v) is 7.98. The van der Waals surface area contributed by atoms with E-state index in [1.165, 1.54) is 0 Å². The number of benzene rings is 1. The summed E-state index contributed by atoms with van der Waals surface area (Å²) in [5, 5.41) is 22.6. The Morgan fingerprint density at radius 2 is 2.03 bits per heavy atom. The van der Waals surface area contributed by atoms with Crippen molar-refractivity contribution in [3.05, 3.63) is 56.9 Å². The van der Waals surface area contributed by atoms with Crippen LogP contribution in [0.25, 0.3) is 22.3 Å². The molecule has 36 heavy (non-hydrogen) atoms. The van der Waals surface area contributed by atoms with Gasteiger partial charge in [0.2, 0.25) is 0 Å². The van der Waals surface area contributed by atoms with Gasteiger partial charge in [-0.15, -0.1) is 0 Å². The number of hydrogen-bond acceptors (Lipinski definition) is 9. The number of rotatable bonds is 4. The average Bonchev–Trinajstić information content (AvgIpc) is 3.25. The number of aliphatic hydroxyl groups is 1. The van der Waals surface area contributed by atoms with Crippen molar-refractivity contribution in [1.82, 2.24) is 19.9 Å². The van der Waals surface area contributed by atoms with Gasteiger partial charge in [0, 0.05) is 47.8 Å². The molecule has 1 aromatic carbocycles. The number of fused-ring (bicyclic) bond motifs is 5. The standard InChI is InChI=1S/C26H29N5O5/c1-2-26(35)19-10-21-23-14(11-31(21)24(33)18(19)13-36-25(26)34)9-16-17(22(32)4-3-20(16)28-23)12-30-7-5-15(29-27)6-8-30/h3-4,9-10,15,29,32,35H,2,5-8,11-13,27H2,1H3/t26-/m0/s1. The van der Waals surface area contributed by atoms with Gasteiger partial charge in [-0.3, -0.25) is 21.0 Å². The number of pyridine rings is 2. The molecule has 10 heteroatoms. The number of hydrazine groups is 1. The molecule has 0 unspecified atom stereocenters. The molecule has 5 heterocycles. The highest BCUT2D eigenvalue weighted by Crippen LogP contribution is 2.39. The minimum atomic E-state index is -1.85. The Morgan fingerprint density at radius 3 is 2.75 bits per heavy atom. The van der Waals surface area contributed by atoms with E-state index in [0.29, 0.717) is 47.2 Å². The number of nitrogens with zero attached hydrogens (tertiary/aromatic N) is 3. The molecular formula is C26H29N5O5. The zero-order valence-electron chi connectivity index (χ0n) is 20.1. The number of nitrogens with one attached hydrogen (secondary N) is 1. The number of carbonyl (C=O) groups is 1. The summed E-state index contributed by atoms with van der Waals surface area (Å²) >= 11 is 0. The van der Waals surface area contributed by atoms with Crippen LogP contribution < -0.4 is 16.8 Å². The highest BCUT2D eigenvalue weighted by Gasteiger charge is 2.45. The second kappa shape index (κ2) is 8.38. The van der Waals surface area contributed by atoms with E-state index in [1.807, 2.05) is 6.07 Å². The molecule has 5 N–H and O–H groups in total. The van der Waals surface area contributed by atoms with Crippen molar-refractivity contribution < 1.29 is 19.7 Å². The fourth-order valence-corrected chi connectivity index (χ4v) is 5.75. The first-order valence-electron chi connectivity index (χ1n) is 12.3. The number of ether oxygens (including phenoxy) is 1. The summed E-state index contributed by atoms with van der Waals surface area (Å²) in [7, 11) is 0. The number of phenolic OH excluding ortho intramolecular Hbond substituents is 1. The fraction of sp³-hybridized carbons (Fsp3) is 0.423. The SMILES string of the molecule is CC[C@@]1(O)C(=O)OCc2c1cc1n(c2=O)Cc2cc3c(CN4CCC(NN)CC4)c(O)ccc3nc2-1. The summed E-state index contributed by atoms with van der Waals surface area (Å²) in [6.45, 7) is 4.18. The zero-order valence-corrected chi connectivity index (χ0v) is 20.1. The minimum absolute atomic E-state index is 0.0982. The van der Waals surface area contributed by atoms with Gasteiger partial charge < -0.3 is 19.5 Å². The van der Waals surface area contributed by atoms with Crippen molar-refractivity contribution in [3.63, 3.8) is 0 Å². The first-order valence-corrected chi connectivity index (χ1v) is 12.3. The lowest BCUT2D eigenvalue weighted by Gasteiger charge is -2.32. The lowest BCUT2D eigenvalue weighted by Crippen LogP contribution is -2.44. The van der Waals surface area contributed by atoms with Crippen LogP contribution in [0.3, 0.4) is 0 Å². The van der Waals surface area contributed by atoms with Crippen molar-refractivity contribution >= 4 is 16.9 Å². The second-order valence-electron chi connectivity index (χ2n) is 9.95. The average molecular weight is 492 g/mol. The Morgan fingerprint density at radius 1 is 1.25 bits per heavy atom. The predicted molar refractivity (Wildman–Crippen MR) is 132 cm³/mol. The van der Waals surface area contributed by atoms with Crippen LogP contribution in [0.5, 0.6) is 5.75 Å². The summed E-state index contributed by atoms with van der Waals surface area (Å²) < 4.78 is 6.77. The maximum atomic E-state index is 13.4. The van der Waals surface area contributed by atoms with Crippen LogP contribution in [-0.2, 0) is 34.8 Å². The number of aromatic hydroxyl groups is 1. The van der Waals surface area contributed by atoms with Gasteiger partial charge >= 0.3 is 5.97 Å². The molecule has 10 nitrogen and oxygen atoms in total. The number of cyclic esters (lactones) is 1. The normalized spacial score (nSPS) is 21.8. The smallest absolute Gasteiger partial charge is 0.343 e. The third kappa shape index (κ3) is 3.36. The fourth-order valence-electron chi connectivity index (χ4n) is 5.75. The molecule has 0 radical (unpaired) electrons. The molecule has 3 aromatic rings. The first kappa shape index (κ1) is 23.1. The maximum Gasteiger partial charge on any atom is 0.343 e. The number of phenols is 1. The minimum Gasteiger partial charge on any atom is -0.508 e. The van der Waals surface area contributed by atoms with Gasteiger partial charge in [0.15, 0.2) is 5.60 Å². The molecule has 3 aliphatic rings. The summed E-state index contributed by atoms with van der Waals surface area (Å²) in [5.74, 6) is 5.07. The van der Waals surface area contributed by atoms with E-state index < -0.39 is 11.6 Å². The Labute approximate surface area is 207 Å². The number of aromatic nitrogens is 2. The van der Waals surface area contributed by atoms with Crippen molar-refractivity contribution in [2.24, 2.45) is 5.84 Å². The topological polar surface area (TPSA) is 143 Å². The van der Waals surface area contributed by atoms with Crippen LogP contribution in [-0.4, -0.2) is 49.8 Å². The molecular weight excluding hydrogens is 462 g/mol. The third-order valence-electron chi connectivity index (χ3n) is 7.98. The van der Waals surface area contributed by atoms with Crippen molar-refractivity contribution in [1.29, 1.82) is 0 Å². The van der Waals surface area contributed by atoms with Crippen molar-refractivity contribution in [2.45, 2.75) is 57.5 Å². The largest absolute Gasteiger partial charge is 0.508 e. The quantitative estimate of drug-likeness (QED) is 0.188. The number of carbonyl (C=O) groups excluding carboxylic acids is 1. The van der Waals surface area contributed by atoms with Gasteiger partial charge in [0.05, 0.1) is 29.0 Å². The van der Waals surface area contributed by atoms with Crippen molar-refractivity contribution in [2.75, 3.05) is 13.1 Å². The van der Waals surface area contributed by atoms with Crippen molar-refractivity contribution in [3.8, 4) is 17.1 Å². The Kier molecular flexibility index (Phi) is 5.38. The van der Waals surface area contributed by atoms with E-state index >= 15 is 0 Å². The first-order chi connectivity index (χ1) is 17.3. The number of piperidine rings is 1. The lowest BCUT2D eigenvalue weighted by atomic mass is 9.86. The molecule has 188 valence electrons. The number of hydrogen-bond donors (Lipinski definition) is 4. The summed E-state index contributed by atoms with van der Waals surface area (Å²) in [4.78, 5) is 32.9. The lowest BCUT2D eigenvalue weighted by molar-refractivity contribution is -0.172. The predicted octanol–water partition coefficient (Wildman–Crippen LogP) is 1.21. The molecule has 0 saturated carbocycles. The van der Waals surface area contributed by atoms with Crippen LogP contribution in [0, 0.1) is 0 Å². The van der Waals surface area contributed by atoms with Gasteiger partial charge in [-0.25, -0.2) is 9.78 Å². The van der Waals surface area contributed by atoms with Crippen LogP contribution >= 0.6 is 0 Å². The molecule has 3 aliphatic heterocycles. The van der Waals surface area contributed by atoms with Crippen LogP contribution in [0.2, 0.25) is 0 Å². The van der Waals surface area contributed by atoms with E-state index in [2.05, 4.69) is 10.3 Å². The highest BCUT2D eigenvalue weighted by molar-refractivity contribution is 5.89. The second-order valence-corrected chi connectivity index (χ2v) is 9.95. The van der Waals surface area contributed by atoms with E-state index in [0.717, 1.165) is 42.4 Å². The Hall–Kier alpha value is -3.31. The van der Waals surface area contributed by atoms with Crippen LogP contribution in [0.4, 0.5) is 0 Å². The maximum absolute atomic E-state index is 13.4. The zero-order chi connectivity index (χ0) is 25.2. The van der Waals surface area contributed by atoms with Gasteiger partial charge in [-0.2, -0.15) is 0 Å². The number of nitrogens with two attached hydrogens (primary N) is 1. The molecule has 6 rings (SSSR count). The Bertz CT molecular complexity index is 1460. The van der Waals surface area contributed by atoms with Crippen LogP contribution in [0.15, 0.2) is 29.1 Å². The number of esters is 1. The molecule has 2 aromatic heterocycles. The molecule has 1 fully saturated rings. The van der Waals surface area contributed by atoms with Gasteiger partial charge in [0.1, 0.15) is 12.4 Å². The summed E-state index contributed by atoms with van der Waals surface area (Å²) in [6, 6.07) is 7.45. The van der Waals surface area contributed by atoms with E-state index in [4.69, 9.17) is 15.6 Å². The molecule has 0 aliphatic carbocycles. The number of likely N-dealkylation sites (tertiary alicyclic amines) is 1.